The highest BCUT2D eigenvalue weighted by atomic mass is 35.5. The summed E-state index contributed by atoms with van der Waals surface area (Å²) >= 11 is 13.9. The minimum absolute atomic E-state index is 0.103. The van der Waals surface area contributed by atoms with Gasteiger partial charge < -0.3 is 15.0 Å². The predicted octanol–water partition coefficient (Wildman–Crippen LogP) is 5.71. The van der Waals surface area contributed by atoms with Crippen LogP contribution in [0.4, 0.5) is 0 Å². The Labute approximate surface area is 210 Å². The second kappa shape index (κ2) is 12.5. The summed E-state index contributed by atoms with van der Waals surface area (Å²) in [6.07, 6.45) is 4.25. The van der Waals surface area contributed by atoms with Crippen molar-refractivity contribution in [2.24, 2.45) is 0 Å². The van der Waals surface area contributed by atoms with Crippen LogP contribution in [0.5, 0.6) is 5.75 Å². The number of halogens is 2. The van der Waals surface area contributed by atoms with Crippen LogP contribution in [0.1, 0.15) is 43.7 Å². The summed E-state index contributed by atoms with van der Waals surface area (Å²) < 4.78 is 5.19. The summed E-state index contributed by atoms with van der Waals surface area (Å²) in [5, 5.41) is 4.12. The van der Waals surface area contributed by atoms with Crippen molar-refractivity contribution in [2.45, 2.75) is 57.0 Å². The van der Waals surface area contributed by atoms with E-state index in [9.17, 15) is 9.59 Å². The molecule has 1 N–H and O–H groups in total. The summed E-state index contributed by atoms with van der Waals surface area (Å²) in [5.74, 6) is 1.52. The molecule has 3 rings (SSSR count). The molecular weight excluding hydrogens is 479 g/mol. The fraction of sp³-hybridized carbons (Fsp3) is 0.440. The molecule has 1 unspecified atom stereocenters. The molecular formula is C25H30Cl2N2O3S. The predicted molar refractivity (Wildman–Crippen MR) is 136 cm³/mol. The topological polar surface area (TPSA) is 58.6 Å². The summed E-state index contributed by atoms with van der Waals surface area (Å²) in [7, 11) is 1.63. The molecule has 1 atom stereocenters. The van der Waals surface area contributed by atoms with E-state index in [-0.39, 0.29) is 30.2 Å². The van der Waals surface area contributed by atoms with E-state index in [0.29, 0.717) is 15.8 Å². The lowest BCUT2D eigenvalue weighted by atomic mass is 10.1. The SMILES string of the molecule is COc1ccc(CSCC(=O)N(Cc2ccc(Cl)cc2Cl)C(C)C(=O)NC2CCCC2)cc1. The maximum Gasteiger partial charge on any atom is 0.242 e. The molecule has 0 bridgehead atoms. The van der Waals surface area contributed by atoms with E-state index in [2.05, 4.69) is 5.32 Å². The van der Waals surface area contributed by atoms with Crippen LogP contribution in [-0.4, -0.2) is 41.7 Å². The fourth-order valence-electron chi connectivity index (χ4n) is 3.87. The van der Waals surface area contributed by atoms with E-state index < -0.39 is 6.04 Å². The molecule has 0 aromatic heterocycles. The van der Waals surface area contributed by atoms with E-state index in [1.165, 1.54) is 11.8 Å². The largest absolute Gasteiger partial charge is 0.497 e. The number of thioether (sulfide) groups is 1. The van der Waals surface area contributed by atoms with Crippen molar-refractivity contribution < 1.29 is 14.3 Å². The smallest absolute Gasteiger partial charge is 0.242 e. The van der Waals surface area contributed by atoms with Crippen LogP contribution in [0.2, 0.25) is 10.0 Å². The van der Waals surface area contributed by atoms with Gasteiger partial charge in [-0.2, -0.15) is 0 Å². The number of nitrogens with zero attached hydrogens (tertiary/aromatic N) is 1. The first-order chi connectivity index (χ1) is 15.9. The van der Waals surface area contributed by atoms with Crippen LogP contribution < -0.4 is 10.1 Å². The number of carbonyl (C=O) groups excluding carboxylic acids is 2. The van der Waals surface area contributed by atoms with Gasteiger partial charge in [-0.25, -0.2) is 0 Å². The highest BCUT2D eigenvalue weighted by molar-refractivity contribution is 7.99. The molecule has 2 aromatic rings. The van der Waals surface area contributed by atoms with Gasteiger partial charge >= 0.3 is 0 Å². The van der Waals surface area contributed by atoms with Crippen molar-refractivity contribution in [3.05, 3.63) is 63.6 Å². The maximum absolute atomic E-state index is 13.2. The Hall–Kier alpha value is -1.89. The number of hydrogen-bond donors (Lipinski definition) is 1. The van der Waals surface area contributed by atoms with Crippen LogP contribution in [-0.2, 0) is 21.9 Å². The van der Waals surface area contributed by atoms with E-state index in [0.717, 1.165) is 42.6 Å². The van der Waals surface area contributed by atoms with Gasteiger partial charge in [-0.15, -0.1) is 11.8 Å². The zero-order valence-corrected chi connectivity index (χ0v) is 21.3. The van der Waals surface area contributed by atoms with Gasteiger partial charge in [0, 0.05) is 28.4 Å². The number of carbonyl (C=O) groups is 2. The standard InChI is InChI=1S/C25H30Cl2N2O3S/c1-17(25(31)28-21-5-3-4-6-21)29(14-19-9-10-20(26)13-23(19)27)24(30)16-33-15-18-7-11-22(32-2)12-8-18/h7-13,17,21H,3-6,14-16H2,1-2H3,(H,28,31). The Balaban J connectivity index is 1.67. The number of ether oxygens (including phenoxy) is 1. The quantitative estimate of drug-likeness (QED) is 0.446. The first-order valence-corrected chi connectivity index (χ1v) is 13.0. The Kier molecular flexibility index (Phi) is 9.78. The first-order valence-electron chi connectivity index (χ1n) is 11.1. The number of hydrogen-bond acceptors (Lipinski definition) is 4. The third kappa shape index (κ3) is 7.56. The molecule has 8 heteroatoms. The minimum atomic E-state index is -0.605. The highest BCUT2D eigenvalue weighted by Crippen LogP contribution is 2.25. The Morgan fingerprint density at radius 3 is 2.48 bits per heavy atom. The molecule has 1 fully saturated rings. The average Bonchev–Trinajstić information content (AvgIpc) is 3.31. The molecule has 2 aromatic carbocycles. The third-order valence-electron chi connectivity index (χ3n) is 5.88. The number of methoxy groups -OCH3 is 1. The monoisotopic (exact) mass is 508 g/mol. The van der Waals surface area contributed by atoms with Crippen LogP contribution in [0.25, 0.3) is 0 Å². The lowest BCUT2D eigenvalue weighted by Gasteiger charge is -2.30. The van der Waals surface area contributed by atoms with Crippen LogP contribution >= 0.6 is 35.0 Å². The Morgan fingerprint density at radius 2 is 1.85 bits per heavy atom. The van der Waals surface area contributed by atoms with Gasteiger partial charge in [-0.05, 0) is 55.2 Å². The average molecular weight is 509 g/mol. The zero-order chi connectivity index (χ0) is 23.8. The molecule has 0 aliphatic heterocycles. The van der Waals surface area contributed by atoms with Gasteiger partial charge in [-0.1, -0.05) is 54.2 Å². The second-order valence-electron chi connectivity index (χ2n) is 8.26. The van der Waals surface area contributed by atoms with Gasteiger partial charge in [0.2, 0.25) is 11.8 Å². The van der Waals surface area contributed by atoms with Gasteiger partial charge in [0.1, 0.15) is 11.8 Å². The van der Waals surface area contributed by atoms with Gasteiger partial charge in [-0.3, -0.25) is 9.59 Å². The lowest BCUT2D eigenvalue weighted by molar-refractivity contribution is -0.138. The number of amides is 2. The van der Waals surface area contributed by atoms with Gasteiger partial charge in [0.15, 0.2) is 0 Å². The molecule has 0 heterocycles. The number of rotatable bonds is 10. The van der Waals surface area contributed by atoms with Gasteiger partial charge in [0.25, 0.3) is 0 Å². The third-order valence-corrected chi connectivity index (χ3v) is 7.45. The summed E-state index contributed by atoms with van der Waals surface area (Å²) in [4.78, 5) is 27.8. The maximum atomic E-state index is 13.2. The first kappa shape index (κ1) is 25.7. The molecule has 1 aliphatic carbocycles. The molecule has 0 saturated heterocycles. The molecule has 0 spiro atoms. The van der Waals surface area contributed by atoms with Gasteiger partial charge in [0.05, 0.1) is 12.9 Å². The highest BCUT2D eigenvalue weighted by Gasteiger charge is 2.28. The van der Waals surface area contributed by atoms with Crippen molar-refractivity contribution in [2.75, 3.05) is 12.9 Å². The molecule has 2 amide bonds. The molecule has 1 saturated carbocycles. The second-order valence-corrected chi connectivity index (χ2v) is 10.1. The lowest BCUT2D eigenvalue weighted by Crippen LogP contribution is -2.50. The Bertz CT molecular complexity index is 949. The molecule has 178 valence electrons. The van der Waals surface area contributed by atoms with Crippen molar-refractivity contribution >= 4 is 46.8 Å². The minimum Gasteiger partial charge on any atom is -0.497 e. The van der Waals surface area contributed by atoms with Crippen molar-refractivity contribution in [3.8, 4) is 5.75 Å². The summed E-state index contributed by atoms with van der Waals surface area (Å²) in [5.41, 5.74) is 1.86. The Morgan fingerprint density at radius 1 is 1.15 bits per heavy atom. The molecule has 33 heavy (non-hydrogen) atoms. The van der Waals surface area contributed by atoms with Crippen LogP contribution in [0, 0.1) is 0 Å². The van der Waals surface area contributed by atoms with E-state index in [1.54, 1.807) is 37.1 Å². The van der Waals surface area contributed by atoms with E-state index >= 15 is 0 Å². The van der Waals surface area contributed by atoms with Crippen molar-refractivity contribution in [1.29, 1.82) is 0 Å². The summed E-state index contributed by atoms with van der Waals surface area (Å²) in [6, 6.07) is 12.6. The van der Waals surface area contributed by atoms with Crippen LogP contribution in [0.3, 0.4) is 0 Å². The fourth-order valence-corrected chi connectivity index (χ4v) is 5.21. The number of benzene rings is 2. The normalized spacial score (nSPS) is 14.7. The number of nitrogens with one attached hydrogen (secondary N) is 1. The molecule has 0 radical (unpaired) electrons. The van der Waals surface area contributed by atoms with Crippen molar-refractivity contribution in [1.82, 2.24) is 10.2 Å². The van der Waals surface area contributed by atoms with E-state index in [4.69, 9.17) is 27.9 Å². The van der Waals surface area contributed by atoms with Crippen molar-refractivity contribution in [3.63, 3.8) is 0 Å². The summed E-state index contributed by atoms with van der Waals surface area (Å²) in [6.45, 7) is 2.03. The van der Waals surface area contributed by atoms with E-state index in [1.807, 2.05) is 24.3 Å². The molecule has 5 nitrogen and oxygen atoms in total. The molecule has 1 aliphatic rings. The zero-order valence-electron chi connectivity index (χ0n) is 19.0. The van der Waals surface area contributed by atoms with Crippen LogP contribution in [0.15, 0.2) is 42.5 Å².